The van der Waals surface area contributed by atoms with E-state index in [9.17, 15) is 4.39 Å². The maximum atomic E-state index is 13.7. The zero-order chi connectivity index (χ0) is 14.8. The minimum atomic E-state index is -0.708. The fourth-order valence-electron chi connectivity index (χ4n) is 2.07. The van der Waals surface area contributed by atoms with Crippen LogP contribution in [0.25, 0.3) is 11.2 Å². The van der Waals surface area contributed by atoms with Gasteiger partial charge in [0.15, 0.2) is 5.65 Å². The smallest absolute Gasteiger partial charge is 0.311 e. The number of hydrogen-bond donors (Lipinski definition) is 0. The van der Waals surface area contributed by atoms with Crippen LogP contribution < -0.4 is 0 Å². The van der Waals surface area contributed by atoms with Crippen LogP contribution in [0.4, 0.5) is 4.39 Å². The van der Waals surface area contributed by atoms with Crippen molar-refractivity contribution in [3.05, 3.63) is 48.3 Å². The van der Waals surface area contributed by atoms with Gasteiger partial charge in [-0.2, -0.15) is 14.4 Å². The molecular weight excluding hydrogens is 287 g/mol. The first-order chi connectivity index (χ1) is 10.1. The summed E-state index contributed by atoms with van der Waals surface area (Å²) < 4.78 is 15.5. The summed E-state index contributed by atoms with van der Waals surface area (Å²) in [6.07, 6.45) is 0.983. The molecule has 108 valence electrons. The van der Waals surface area contributed by atoms with Gasteiger partial charge in [0.2, 0.25) is 0 Å². The minimum absolute atomic E-state index is 0.177. The largest absolute Gasteiger partial charge is 0.313 e. The number of aromatic nitrogens is 4. The molecule has 6 heteroatoms. The van der Waals surface area contributed by atoms with E-state index in [0.717, 1.165) is 11.3 Å². The summed E-state index contributed by atoms with van der Waals surface area (Å²) in [5.74, 6) is 0.723. The van der Waals surface area contributed by atoms with Crippen molar-refractivity contribution in [3.8, 4) is 0 Å². The molecule has 3 aromatic rings. The second-order valence-electron chi connectivity index (χ2n) is 4.99. The lowest BCUT2D eigenvalue weighted by molar-refractivity contribution is 0.527. The molecule has 0 unspecified atom stereocenters. The number of nitrogens with zero attached hydrogens (tertiary/aromatic N) is 4. The highest BCUT2D eigenvalue weighted by Crippen LogP contribution is 2.28. The minimum Gasteiger partial charge on any atom is -0.313 e. The first kappa shape index (κ1) is 14.0. The average Bonchev–Trinajstić information content (AvgIpc) is 2.89. The third-order valence-electron chi connectivity index (χ3n) is 3.14. The predicted molar refractivity (Wildman–Crippen MR) is 81.7 cm³/mol. The third-order valence-corrected chi connectivity index (χ3v) is 4.17. The fraction of sp³-hybridized carbons (Fsp3) is 0.267. The Morgan fingerprint density at radius 2 is 1.95 bits per heavy atom. The molecule has 0 aliphatic rings. The van der Waals surface area contributed by atoms with E-state index in [1.54, 1.807) is 6.33 Å². The number of fused-ring (bicyclic) bond motifs is 1. The molecule has 0 saturated heterocycles. The molecule has 2 heterocycles. The van der Waals surface area contributed by atoms with Gasteiger partial charge in [0.05, 0.1) is 6.33 Å². The molecule has 0 N–H and O–H groups in total. The SMILES string of the molecule is CC(C)n1cnc2c(SCc3ccccc3)nc(F)nc21. The summed E-state index contributed by atoms with van der Waals surface area (Å²) in [6.45, 7) is 4.02. The van der Waals surface area contributed by atoms with Gasteiger partial charge in [-0.05, 0) is 19.4 Å². The van der Waals surface area contributed by atoms with Crippen LogP contribution in [0, 0.1) is 6.08 Å². The van der Waals surface area contributed by atoms with Gasteiger partial charge in [-0.15, -0.1) is 0 Å². The Labute approximate surface area is 126 Å². The molecular formula is C15H15FN4S. The molecule has 0 radical (unpaired) electrons. The van der Waals surface area contributed by atoms with Gasteiger partial charge >= 0.3 is 6.08 Å². The lowest BCUT2D eigenvalue weighted by Crippen LogP contribution is -2.02. The number of benzene rings is 1. The monoisotopic (exact) mass is 302 g/mol. The summed E-state index contributed by atoms with van der Waals surface area (Å²) >= 11 is 1.48. The van der Waals surface area contributed by atoms with Crippen LogP contribution in [0.2, 0.25) is 0 Å². The molecule has 2 aromatic heterocycles. The summed E-state index contributed by atoms with van der Waals surface area (Å²) in [6, 6.07) is 10.2. The van der Waals surface area contributed by atoms with Crippen molar-refractivity contribution in [2.24, 2.45) is 0 Å². The molecule has 1 aromatic carbocycles. The molecule has 0 atom stereocenters. The molecule has 0 fully saturated rings. The summed E-state index contributed by atoms with van der Waals surface area (Å²) in [4.78, 5) is 12.1. The van der Waals surface area contributed by atoms with Crippen molar-refractivity contribution >= 4 is 22.9 Å². The Bertz CT molecular complexity index is 755. The number of imidazole rings is 1. The van der Waals surface area contributed by atoms with Crippen molar-refractivity contribution in [2.75, 3.05) is 0 Å². The second-order valence-corrected chi connectivity index (χ2v) is 5.95. The molecule has 0 bridgehead atoms. The van der Waals surface area contributed by atoms with Crippen molar-refractivity contribution in [3.63, 3.8) is 0 Å². The molecule has 4 nitrogen and oxygen atoms in total. The van der Waals surface area contributed by atoms with Crippen molar-refractivity contribution in [1.29, 1.82) is 0 Å². The van der Waals surface area contributed by atoms with Gasteiger partial charge in [-0.3, -0.25) is 0 Å². The van der Waals surface area contributed by atoms with Crippen molar-refractivity contribution in [2.45, 2.75) is 30.7 Å². The van der Waals surface area contributed by atoms with E-state index in [1.165, 1.54) is 11.8 Å². The van der Waals surface area contributed by atoms with Gasteiger partial charge in [0.1, 0.15) is 10.5 Å². The van der Waals surface area contributed by atoms with Gasteiger partial charge < -0.3 is 4.57 Å². The lowest BCUT2D eigenvalue weighted by atomic mass is 10.2. The van der Waals surface area contributed by atoms with Crippen LogP contribution in [0.3, 0.4) is 0 Å². The number of hydrogen-bond acceptors (Lipinski definition) is 4. The average molecular weight is 302 g/mol. The Morgan fingerprint density at radius 1 is 1.19 bits per heavy atom. The molecule has 21 heavy (non-hydrogen) atoms. The Hall–Kier alpha value is -1.95. The maximum absolute atomic E-state index is 13.7. The molecule has 0 aliphatic carbocycles. The van der Waals surface area contributed by atoms with Gasteiger partial charge in [-0.1, -0.05) is 42.1 Å². The number of thioether (sulfide) groups is 1. The first-order valence-corrected chi connectivity index (χ1v) is 7.70. The zero-order valence-electron chi connectivity index (χ0n) is 11.8. The highest BCUT2D eigenvalue weighted by Gasteiger charge is 2.15. The van der Waals surface area contributed by atoms with Gasteiger partial charge in [0.25, 0.3) is 0 Å². The Kier molecular flexibility index (Phi) is 3.88. The summed E-state index contributed by atoms with van der Waals surface area (Å²) in [7, 11) is 0. The topological polar surface area (TPSA) is 43.6 Å². The molecule has 0 aliphatic heterocycles. The lowest BCUT2D eigenvalue weighted by Gasteiger charge is -2.07. The molecule has 0 amide bonds. The van der Waals surface area contributed by atoms with Crippen molar-refractivity contribution in [1.82, 2.24) is 19.5 Å². The van der Waals surface area contributed by atoms with Gasteiger partial charge in [-0.25, -0.2) is 4.98 Å². The van der Waals surface area contributed by atoms with Crippen LogP contribution in [0.15, 0.2) is 41.7 Å². The molecule has 0 saturated carbocycles. The number of rotatable bonds is 4. The van der Waals surface area contributed by atoms with E-state index in [0.29, 0.717) is 16.2 Å². The fourth-order valence-corrected chi connectivity index (χ4v) is 2.99. The van der Waals surface area contributed by atoms with E-state index < -0.39 is 6.08 Å². The summed E-state index contributed by atoms with van der Waals surface area (Å²) in [5, 5.41) is 0.584. The summed E-state index contributed by atoms with van der Waals surface area (Å²) in [5.41, 5.74) is 2.37. The quantitative estimate of drug-likeness (QED) is 0.417. The van der Waals surface area contributed by atoms with Crippen molar-refractivity contribution < 1.29 is 4.39 Å². The van der Waals surface area contributed by atoms with E-state index >= 15 is 0 Å². The Morgan fingerprint density at radius 3 is 2.67 bits per heavy atom. The standard InChI is InChI=1S/C15H15FN4S/c1-10(2)20-9-17-12-13(20)18-15(16)19-14(12)21-8-11-6-4-3-5-7-11/h3-7,9-10H,8H2,1-2H3. The van der Waals surface area contributed by atoms with E-state index in [4.69, 9.17) is 0 Å². The second kappa shape index (κ2) is 5.81. The van der Waals surface area contributed by atoms with Gasteiger partial charge in [0, 0.05) is 11.8 Å². The van der Waals surface area contributed by atoms with E-state index in [-0.39, 0.29) is 6.04 Å². The number of halogens is 1. The Balaban J connectivity index is 1.95. The highest BCUT2D eigenvalue weighted by molar-refractivity contribution is 7.98. The maximum Gasteiger partial charge on any atom is 0.311 e. The zero-order valence-corrected chi connectivity index (χ0v) is 12.6. The van der Waals surface area contributed by atoms with Crippen LogP contribution in [-0.4, -0.2) is 19.5 Å². The van der Waals surface area contributed by atoms with E-state index in [2.05, 4.69) is 15.0 Å². The normalized spacial score (nSPS) is 11.4. The predicted octanol–water partition coefficient (Wildman–Crippen LogP) is 3.84. The first-order valence-electron chi connectivity index (χ1n) is 6.72. The molecule has 0 spiro atoms. The van der Waals surface area contributed by atoms with Crippen LogP contribution in [0.1, 0.15) is 25.5 Å². The van der Waals surface area contributed by atoms with Crippen LogP contribution in [0.5, 0.6) is 0 Å². The van der Waals surface area contributed by atoms with Crippen LogP contribution in [-0.2, 0) is 5.75 Å². The highest BCUT2D eigenvalue weighted by atomic mass is 32.2. The van der Waals surface area contributed by atoms with E-state index in [1.807, 2.05) is 48.7 Å². The molecule has 3 rings (SSSR count). The third kappa shape index (κ3) is 2.90. The van der Waals surface area contributed by atoms with Crippen LogP contribution >= 0.6 is 11.8 Å².